The summed E-state index contributed by atoms with van der Waals surface area (Å²) >= 11 is 0. The summed E-state index contributed by atoms with van der Waals surface area (Å²) in [4.78, 5) is 4.03. The van der Waals surface area contributed by atoms with E-state index in [0.717, 1.165) is 25.9 Å². The molecule has 2 heterocycles. The van der Waals surface area contributed by atoms with E-state index in [-0.39, 0.29) is 23.5 Å². The second-order valence-electron chi connectivity index (χ2n) is 6.99. The number of anilines is 2. The lowest BCUT2D eigenvalue weighted by Crippen LogP contribution is -2.96. The van der Waals surface area contributed by atoms with E-state index >= 15 is 0 Å². The quantitative estimate of drug-likeness (QED) is 0.481. The Kier molecular flexibility index (Phi) is 7.32. The fourth-order valence-electron chi connectivity index (χ4n) is 3.26. The third-order valence-corrected chi connectivity index (χ3v) is 4.82. The van der Waals surface area contributed by atoms with Gasteiger partial charge in [0.1, 0.15) is 17.3 Å². The maximum atomic E-state index is 12.6. The first-order valence-corrected chi connectivity index (χ1v) is 9.55. The van der Waals surface area contributed by atoms with Crippen LogP contribution in [0, 0.1) is 16.3 Å². The molecule has 1 aromatic carbocycles. The molecule has 0 saturated carbocycles. The van der Waals surface area contributed by atoms with Crippen LogP contribution in [0.4, 0.5) is 30.4 Å². The standard InChI is InChI=1S/C19H23F3N5O3/c20-19(21,22)30-17-4-2-1-3-14(17)11-25-18-9-15(16(12-26-18)27(28)29)24-10-13-5-7-23-8-6-13/h1-4,9,12-13,23,27H,5-8,10-11H2,(H2,24,25,26)/q-1. The summed E-state index contributed by atoms with van der Waals surface area (Å²) in [6.07, 6.45) is -1.66. The molecule has 0 bridgehead atoms. The molecule has 8 nitrogen and oxygen atoms in total. The van der Waals surface area contributed by atoms with Gasteiger partial charge in [0.25, 0.3) is 0 Å². The van der Waals surface area contributed by atoms with Crippen molar-refractivity contribution < 1.29 is 23.1 Å². The van der Waals surface area contributed by atoms with Crippen LogP contribution >= 0.6 is 0 Å². The summed E-state index contributed by atoms with van der Waals surface area (Å²) in [5.41, 5.74) is 0.561. The van der Waals surface area contributed by atoms with Crippen molar-refractivity contribution in [1.29, 1.82) is 0 Å². The predicted octanol–water partition coefficient (Wildman–Crippen LogP) is 2.52. The van der Waals surface area contributed by atoms with Crippen LogP contribution in [0.3, 0.4) is 0 Å². The average molecular weight is 426 g/mol. The van der Waals surface area contributed by atoms with E-state index in [1.165, 1.54) is 30.5 Å². The van der Waals surface area contributed by atoms with Crippen molar-refractivity contribution in [3.8, 4) is 5.75 Å². The number of aromatic nitrogens is 1. The smallest absolute Gasteiger partial charge is 0.573 e. The molecule has 0 amide bonds. The van der Waals surface area contributed by atoms with Gasteiger partial charge in [-0.3, -0.25) is 0 Å². The summed E-state index contributed by atoms with van der Waals surface area (Å²) in [5, 5.41) is 30.8. The van der Waals surface area contributed by atoms with Gasteiger partial charge in [0.15, 0.2) is 5.69 Å². The van der Waals surface area contributed by atoms with Gasteiger partial charge in [0, 0.05) is 24.7 Å². The van der Waals surface area contributed by atoms with Crippen molar-refractivity contribution in [1.82, 2.24) is 10.3 Å². The van der Waals surface area contributed by atoms with Crippen LogP contribution in [0.15, 0.2) is 36.5 Å². The Morgan fingerprint density at radius 1 is 1.17 bits per heavy atom. The lowest BCUT2D eigenvalue weighted by molar-refractivity contribution is -0.714. The van der Waals surface area contributed by atoms with Gasteiger partial charge >= 0.3 is 6.36 Å². The minimum atomic E-state index is -4.80. The lowest BCUT2D eigenvalue weighted by Gasteiger charge is -2.28. The molecule has 2 aromatic rings. The highest BCUT2D eigenvalue weighted by Crippen LogP contribution is 2.27. The maximum absolute atomic E-state index is 12.6. The minimum absolute atomic E-state index is 0.0116. The zero-order chi connectivity index (χ0) is 21.6. The monoisotopic (exact) mass is 426 g/mol. The van der Waals surface area contributed by atoms with Crippen molar-refractivity contribution >= 4 is 17.2 Å². The van der Waals surface area contributed by atoms with Crippen LogP contribution in [0.5, 0.6) is 5.75 Å². The summed E-state index contributed by atoms with van der Waals surface area (Å²) in [6, 6.07) is 7.28. The number of quaternary nitrogens is 1. The normalized spacial score (nSPS) is 15.3. The SMILES string of the molecule is [O-][NH+]([O-])c1cnc(NCc2ccccc2OC(F)(F)F)cc1NCC1CCNCC1. The number of ether oxygens (including phenoxy) is 1. The molecule has 164 valence electrons. The molecule has 1 aromatic heterocycles. The molecule has 1 aliphatic heterocycles. The second kappa shape index (κ2) is 9.94. The largest absolute Gasteiger partial charge is 0.628 e. The molecule has 0 atom stereocenters. The Balaban J connectivity index is 1.69. The first-order valence-electron chi connectivity index (χ1n) is 9.55. The minimum Gasteiger partial charge on any atom is -0.628 e. The van der Waals surface area contributed by atoms with Gasteiger partial charge in [0.05, 0.1) is 6.20 Å². The maximum Gasteiger partial charge on any atom is 0.573 e. The van der Waals surface area contributed by atoms with Crippen molar-refractivity contribution in [2.24, 2.45) is 5.92 Å². The Hall–Kier alpha value is -2.60. The summed E-state index contributed by atoms with van der Waals surface area (Å²) in [6.45, 7) is 2.45. The molecular weight excluding hydrogens is 403 g/mol. The zero-order valence-electron chi connectivity index (χ0n) is 16.1. The summed E-state index contributed by atoms with van der Waals surface area (Å²) in [7, 11) is 0. The number of hydrogen-bond donors (Lipinski definition) is 4. The van der Waals surface area contributed by atoms with Crippen LogP contribution in [0.2, 0.25) is 0 Å². The Bertz CT molecular complexity index is 829. The highest BCUT2D eigenvalue weighted by atomic mass is 19.4. The molecule has 1 aliphatic rings. The number of benzene rings is 1. The summed E-state index contributed by atoms with van der Waals surface area (Å²) < 4.78 is 41.7. The van der Waals surface area contributed by atoms with E-state index < -0.39 is 11.6 Å². The fraction of sp³-hybridized carbons (Fsp3) is 0.421. The number of hydrogen-bond acceptors (Lipinski definition) is 7. The second-order valence-corrected chi connectivity index (χ2v) is 6.99. The zero-order valence-corrected chi connectivity index (χ0v) is 16.1. The Labute approximate surface area is 171 Å². The number of piperidine rings is 1. The lowest BCUT2D eigenvalue weighted by atomic mass is 9.98. The molecule has 0 aliphatic carbocycles. The highest BCUT2D eigenvalue weighted by molar-refractivity contribution is 5.65. The number of nitrogens with one attached hydrogen (secondary N) is 4. The molecule has 30 heavy (non-hydrogen) atoms. The molecular formula is C19H23F3N5O3-. The molecule has 1 saturated heterocycles. The first-order chi connectivity index (χ1) is 14.3. The summed E-state index contributed by atoms with van der Waals surface area (Å²) in [5.74, 6) is 0.416. The van der Waals surface area contributed by atoms with Gasteiger partial charge in [0.2, 0.25) is 0 Å². The Morgan fingerprint density at radius 2 is 1.90 bits per heavy atom. The average Bonchev–Trinajstić information content (AvgIpc) is 2.71. The first kappa shape index (κ1) is 22.1. The number of alkyl halides is 3. The van der Waals surface area contributed by atoms with E-state index in [2.05, 4.69) is 25.7 Å². The van der Waals surface area contributed by atoms with Gasteiger partial charge in [-0.15, -0.1) is 13.2 Å². The van der Waals surface area contributed by atoms with Crippen molar-refractivity contribution in [3.63, 3.8) is 0 Å². The third-order valence-electron chi connectivity index (χ3n) is 4.82. The molecule has 1 fully saturated rings. The number of nitrogens with zero attached hydrogens (tertiary/aromatic N) is 1. The highest BCUT2D eigenvalue weighted by Gasteiger charge is 2.31. The molecule has 3 rings (SSSR count). The van der Waals surface area contributed by atoms with Gasteiger partial charge in [-0.1, -0.05) is 18.2 Å². The van der Waals surface area contributed by atoms with Crippen molar-refractivity contribution in [2.45, 2.75) is 25.7 Å². The predicted molar refractivity (Wildman–Crippen MR) is 106 cm³/mol. The number of rotatable bonds is 8. The fourth-order valence-corrected chi connectivity index (χ4v) is 3.26. The molecule has 0 radical (unpaired) electrons. The van der Waals surface area contributed by atoms with Crippen molar-refractivity contribution in [3.05, 3.63) is 52.5 Å². The van der Waals surface area contributed by atoms with E-state index in [9.17, 15) is 23.6 Å². The van der Waals surface area contributed by atoms with Gasteiger partial charge < -0.3 is 36.3 Å². The molecule has 0 spiro atoms. The molecule has 11 heteroatoms. The van der Waals surface area contributed by atoms with Crippen LogP contribution in [-0.4, -0.2) is 31.0 Å². The Morgan fingerprint density at radius 3 is 2.60 bits per heavy atom. The number of para-hydroxylation sites is 1. The topological polar surface area (TPSA) is 109 Å². The van der Waals surface area contributed by atoms with Gasteiger partial charge in [-0.2, -0.15) is 0 Å². The van der Waals surface area contributed by atoms with E-state index in [4.69, 9.17) is 0 Å². The molecule has 4 N–H and O–H groups in total. The van der Waals surface area contributed by atoms with E-state index in [0.29, 0.717) is 24.0 Å². The number of pyridine rings is 1. The van der Waals surface area contributed by atoms with Crippen LogP contribution in [0.1, 0.15) is 18.4 Å². The molecule has 0 unspecified atom stereocenters. The van der Waals surface area contributed by atoms with E-state index in [1.807, 2.05) is 0 Å². The van der Waals surface area contributed by atoms with Crippen molar-refractivity contribution in [2.75, 3.05) is 30.3 Å². The van der Waals surface area contributed by atoms with Crippen LogP contribution in [0.25, 0.3) is 0 Å². The van der Waals surface area contributed by atoms with Crippen LogP contribution < -0.4 is 25.9 Å². The number of halogens is 3. The van der Waals surface area contributed by atoms with Gasteiger partial charge in [-0.05, 0) is 37.9 Å². The van der Waals surface area contributed by atoms with E-state index in [1.54, 1.807) is 6.07 Å². The third kappa shape index (κ3) is 6.46. The van der Waals surface area contributed by atoms with Gasteiger partial charge in [-0.25, -0.2) is 4.98 Å². The van der Waals surface area contributed by atoms with Crippen LogP contribution in [-0.2, 0) is 6.54 Å².